The molecule has 6 heteroatoms. The van der Waals surface area contributed by atoms with Crippen LogP contribution in [-0.4, -0.2) is 9.97 Å². The lowest BCUT2D eigenvalue weighted by atomic mass is 10.3. The summed E-state index contributed by atoms with van der Waals surface area (Å²) in [5.74, 6) is 0.246. The molecule has 2 aromatic rings. The second-order valence-corrected chi connectivity index (χ2v) is 4.24. The molecule has 2 rings (SSSR count). The van der Waals surface area contributed by atoms with Gasteiger partial charge >= 0.3 is 0 Å². The molecule has 0 spiro atoms. The lowest BCUT2D eigenvalue weighted by Gasteiger charge is -2.10. The van der Waals surface area contributed by atoms with Crippen molar-refractivity contribution < 1.29 is 9.13 Å². The third kappa shape index (κ3) is 2.75. The summed E-state index contributed by atoms with van der Waals surface area (Å²) in [7, 11) is 0. The number of rotatable bonds is 3. The summed E-state index contributed by atoms with van der Waals surface area (Å²) in [4.78, 5) is 4.13. The van der Waals surface area contributed by atoms with Crippen LogP contribution in [0.2, 0.25) is 5.02 Å². The van der Waals surface area contributed by atoms with Crippen LogP contribution >= 0.6 is 23.8 Å². The number of nitrogens with two attached hydrogens (primary N) is 1. The number of pyridine rings is 1. The molecule has 0 unspecified atom stereocenters. The summed E-state index contributed by atoms with van der Waals surface area (Å²) in [6.45, 7) is 0. The molecule has 0 aliphatic heterocycles. The Morgan fingerprint density at radius 2 is 2.11 bits per heavy atom. The van der Waals surface area contributed by atoms with Crippen molar-refractivity contribution in [1.82, 2.24) is 4.98 Å². The zero-order valence-corrected chi connectivity index (χ0v) is 10.6. The summed E-state index contributed by atoms with van der Waals surface area (Å²) >= 11 is 10.7. The van der Waals surface area contributed by atoms with E-state index in [1.54, 1.807) is 18.3 Å². The van der Waals surface area contributed by atoms with Gasteiger partial charge in [-0.3, -0.25) is 0 Å². The summed E-state index contributed by atoms with van der Waals surface area (Å²) < 4.78 is 18.4. The highest BCUT2D eigenvalue weighted by Crippen LogP contribution is 2.30. The van der Waals surface area contributed by atoms with Crippen molar-refractivity contribution in [3.05, 3.63) is 53.1 Å². The number of benzene rings is 1. The molecule has 1 aromatic carbocycles. The minimum absolute atomic E-state index is 0.115. The van der Waals surface area contributed by atoms with Crippen LogP contribution in [0.5, 0.6) is 11.5 Å². The minimum atomic E-state index is -0.437. The zero-order valence-electron chi connectivity index (χ0n) is 9.06. The topological polar surface area (TPSA) is 48.1 Å². The molecule has 1 aromatic heterocycles. The van der Waals surface area contributed by atoms with E-state index < -0.39 is 5.82 Å². The van der Waals surface area contributed by atoms with E-state index >= 15 is 0 Å². The predicted molar refractivity (Wildman–Crippen MR) is 71.6 cm³/mol. The number of hydrogen-bond donors (Lipinski definition) is 1. The number of ether oxygens (including phenoxy) is 1. The fourth-order valence-corrected chi connectivity index (χ4v) is 1.69. The molecule has 2 N–H and O–H groups in total. The zero-order chi connectivity index (χ0) is 13.1. The Hall–Kier alpha value is -1.72. The molecule has 0 fully saturated rings. The summed E-state index contributed by atoms with van der Waals surface area (Å²) in [6.07, 6.45) is 1.55. The molecule has 1 heterocycles. The molecule has 0 bridgehead atoms. The largest absolute Gasteiger partial charge is 0.453 e. The van der Waals surface area contributed by atoms with Crippen LogP contribution in [0.15, 0.2) is 36.5 Å². The number of halogens is 2. The van der Waals surface area contributed by atoms with Crippen molar-refractivity contribution in [2.75, 3.05) is 0 Å². The van der Waals surface area contributed by atoms with Crippen LogP contribution in [-0.2, 0) is 0 Å². The van der Waals surface area contributed by atoms with Gasteiger partial charge in [0, 0.05) is 6.20 Å². The van der Waals surface area contributed by atoms with E-state index in [9.17, 15) is 4.39 Å². The molecule has 0 atom stereocenters. The van der Waals surface area contributed by atoms with Gasteiger partial charge in [-0.25, -0.2) is 9.37 Å². The first kappa shape index (κ1) is 12.7. The molecule has 0 amide bonds. The van der Waals surface area contributed by atoms with E-state index in [0.29, 0.717) is 17.2 Å². The smallest absolute Gasteiger partial charge is 0.156 e. The Labute approximate surface area is 113 Å². The Kier molecular flexibility index (Phi) is 3.74. The van der Waals surface area contributed by atoms with Crippen molar-refractivity contribution in [2.24, 2.45) is 5.73 Å². The fraction of sp³-hybridized carbons (Fsp3) is 0. The molecule has 3 nitrogen and oxygen atoms in total. The van der Waals surface area contributed by atoms with Crippen molar-refractivity contribution in [3.8, 4) is 11.5 Å². The monoisotopic (exact) mass is 282 g/mol. The Balaban J connectivity index is 2.37. The van der Waals surface area contributed by atoms with E-state index in [-0.39, 0.29) is 10.0 Å². The van der Waals surface area contributed by atoms with Gasteiger partial charge in [0.25, 0.3) is 0 Å². The number of hydrogen-bond acceptors (Lipinski definition) is 3. The average Bonchev–Trinajstić information content (AvgIpc) is 2.33. The number of thiocarbonyl (C=S) groups is 1. The molecular weight excluding hydrogens is 275 g/mol. The lowest BCUT2D eigenvalue weighted by molar-refractivity contribution is 0.477. The maximum absolute atomic E-state index is 12.9. The van der Waals surface area contributed by atoms with Gasteiger partial charge < -0.3 is 10.5 Å². The van der Waals surface area contributed by atoms with Gasteiger partial charge in [-0.2, -0.15) is 0 Å². The number of nitrogens with zero attached hydrogens (tertiary/aromatic N) is 1. The van der Waals surface area contributed by atoms with Gasteiger partial charge in [-0.05, 0) is 30.3 Å². The van der Waals surface area contributed by atoms with Gasteiger partial charge in [-0.1, -0.05) is 23.8 Å². The van der Waals surface area contributed by atoms with Crippen molar-refractivity contribution in [1.29, 1.82) is 0 Å². The number of aromatic nitrogens is 1. The van der Waals surface area contributed by atoms with E-state index in [0.717, 1.165) is 6.07 Å². The van der Waals surface area contributed by atoms with E-state index in [2.05, 4.69) is 4.98 Å². The molecule has 0 aliphatic carbocycles. The highest BCUT2D eigenvalue weighted by molar-refractivity contribution is 7.80. The molecule has 18 heavy (non-hydrogen) atoms. The van der Waals surface area contributed by atoms with Crippen molar-refractivity contribution in [3.63, 3.8) is 0 Å². The van der Waals surface area contributed by atoms with Gasteiger partial charge in [0.05, 0.1) is 5.02 Å². The average molecular weight is 283 g/mol. The van der Waals surface area contributed by atoms with E-state index in [1.807, 2.05) is 0 Å². The Bertz CT molecular complexity index is 606. The molecule has 0 radical (unpaired) electrons. The molecule has 0 saturated carbocycles. The van der Waals surface area contributed by atoms with E-state index in [4.69, 9.17) is 34.3 Å². The summed E-state index contributed by atoms with van der Waals surface area (Å²) in [6, 6.07) is 7.16. The molecule has 92 valence electrons. The fourth-order valence-electron chi connectivity index (χ4n) is 1.33. The first-order valence-electron chi connectivity index (χ1n) is 4.95. The maximum atomic E-state index is 12.9. The summed E-state index contributed by atoms with van der Waals surface area (Å²) in [5.41, 5.74) is 5.88. The van der Waals surface area contributed by atoms with Crippen molar-refractivity contribution in [2.45, 2.75) is 0 Å². The summed E-state index contributed by atoms with van der Waals surface area (Å²) in [5, 5.41) is 0.160. The SMILES string of the molecule is NC(=S)c1ncccc1Oc1ccc(F)cc1Cl. The Morgan fingerprint density at radius 3 is 2.78 bits per heavy atom. The highest BCUT2D eigenvalue weighted by Gasteiger charge is 2.10. The molecule has 0 saturated heterocycles. The van der Waals surface area contributed by atoms with Crippen LogP contribution in [0.4, 0.5) is 4.39 Å². The Morgan fingerprint density at radius 1 is 1.33 bits per heavy atom. The third-order valence-electron chi connectivity index (χ3n) is 2.12. The minimum Gasteiger partial charge on any atom is -0.453 e. The van der Waals surface area contributed by atoms with Gasteiger partial charge in [0.2, 0.25) is 0 Å². The van der Waals surface area contributed by atoms with Crippen LogP contribution in [0.3, 0.4) is 0 Å². The standard InChI is InChI=1S/C12H8ClFN2OS/c13-8-6-7(14)3-4-9(8)17-10-2-1-5-16-11(10)12(15)18/h1-6H,(H2,15,18). The third-order valence-corrected chi connectivity index (χ3v) is 2.61. The quantitative estimate of drug-likeness (QED) is 0.878. The van der Waals surface area contributed by atoms with E-state index in [1.165, 1.54) is 12.1 Å². The van der Waals surface area contributed by atoms with Gasteiger partial charge in [0.1, 0.15) is 22.2 Å². The molecule has 0 aliphatic rings. The normalized spacial score (nSPS) is 10.1. The van der Waals surface area contributed by atoms with Gasteiger partial charge in [0.15, 0.2) is 5.75 Å². The predicted octanol–water partition coefficient (Wildman–Crippen LogP) is 3.30. The highest BCUT2D eigenvalue weighted by atomic mass is 35.5. The maximum Gasteiger partial charge on any atom is 0.156 e. The van der Waals surface area contributed by atoms with Crippen molar-refractivity contribution >= 4 is 28.8 Å². The molecular formula is C12H8ClFN2OS. The van der Waals surface area contributed by atoms with Crippen LogP contribution in [0.1, 0.15) is 5.69 Å². The van der Waals surface area contributed by atoms with Crippen LogP contribution < -0.4 is 10.5 Å². The van der Waals surface area contributed by atoms with Crippen LogP contribution in [0.25, 0.3) is 0 Å². The van der Waals surface area contributed by atoms with Gasteiger partial charge in [-0.15, -0.1) is 0 Å². The first-order chi connectivity index (χ1) is 8.58. The first-order valence-corrected chi connectivity index (χ1v) is 5.74. The second-order valence-electron chi connectivity index (χ2n) is 3.39. The van der Waals surface area contributed by atoms with Crippen LogP contribution in [0, 0.1) is 5.82 Å². The second kappa shape index (κ2) is 5.29. The lowest BCUT2D eigenvalue weighted by Crippen LogP contribution is -2.12.